The zero-order valence-corrected chi connectivity index (χ0v) is 11.3. The van der Waals surface area contributed by atoms with E-state index in [0.717, 1.165) is 4.47 Å². The minimum atomic E-state index is -0.405. The van der Waals surface area contributed by atoms with Gasteiger partial charge in [0.2, 0.25) is 0 Å². The van der Waals surface area contributed by atoms with E-state index in [0.29, 0.717) is 30.2 Å². The van der Waals surface area contributed by atoms with Gasteiger partial charge >= 0.3 is 6.03 Å². The van der Waals surface area contributed by atoms with E-state index >= 15 is 0 Å². The summed E-state index contributed by atoms with van der Waals surface area (Å²) < 4.78 is 0.735. The second kappa shape index (κ2) is 5.25. The molecule has 2 amide bonds. The Labute approximate surface area is 113 Å². The number of amides is 2. The predicted molar refractivity (Wildman–Crippen MR) is 70.4 cm³/mol. The van der Waals surface area contributed by atoms with Crippen LogP contribution in [0.2, 0.25) is 5.02 Å². The van der Waals surface area contributed by atoms with Crippen LogP contribution in [0.3, 0.4) is 0 Å². The summed E-state index contributed by atoms with van der Waals surface area (Å²) in [6, 6.07) is 4.99. The summed E-state index contributed by atoms with van der Waals surface area (Å²) in [4.78, 5) is 13.4. The second-order valence-corrected chi connectivity index (χ2v) is 5.21. The molecule has 0 spiro atoms. The highest BCUT2D eigenvalue weighted by Crippen LogP contribution is 2.25. The van der Waals surface area contributed by atoms with Gasteiger partial charge in [-0.05, 0) is 40.5 Å². The Kier molecular flexibility index (Phi) is 3.91. The van der Waals surface area contributed by atoms with Crippen molar-refractivity contribution in [3.05, 3.63) is 27.7 Å². The minimum Gasteiger partial charge on any atom is -0.391 e. The average molecular weight is 320 g/mol. The number of carbonyl (C=O) groups is 1. The van der Waals surface area contributed by atoms with Gasteiger partial charge < -0.3 is 15.3 Å². The number of β-amino-alcohol motifs (C(OH)–C–C–N with tert-alkyl or cyclic N) is 1. The fourth-order valence-corrected chi connectivity index (χ4v) is 2.20. The third-order valence-electron chi connectivity index (χ3n) is 2.62. The summed E-state index contributed by atoms with van der Waals surface area (Å²) in [6.07, 6.45) is 0.232. The van der Waals surface area contributed by atoms with Gasteiger partial charge in [0, 0.05) is 23.2 Å². The monoisotopic (exact) mass is 318 g/mol. The number of nitrogens with zero attached hydrogens (tertiary/aromatic N) is 1. The zero-order chi connectivity index (χ0) is 12.4. The number of nitrogens with one attached hydrogen (secondary N) is 1. The van der Waals surface area contributed by atoms with Gasteiger partial charge in [-0.15, -0.1) is 0 Å². The number of aliphatic hydroxyl groups is 1. The van der Waals surface area contributed by atoms with Gasteiger partial charge in [-0.2, -0.15) is 0 Å². The molecule has 1 aliphatic heterocycles. The van der Waals surface area contributed by atoms with Crippen LogP contribution in [0.4, 0.5) is 10.5 Å². The lowest BCUT2D eigenvalue weighted by atomic mass is 10.3. The van der Waals surface area contributed by atoms with Crippen LogP contribution in [0.15, 0.2) is 22.7 Å². The molecule has 0 unspecified atom stereocenters. The smallest absolute Gasteiger partial charge is 0.321 e. The number of aliphatic hydroxyl groups excluding tert-OH is 1. The average Bonchev–Trinajstić information content (AvgIpc) is 2.70. The van der Waals surface area contributed by atoms with Gasteiger partial charge in [-0.3, -0.25) is 0 Å². The van der Waals surface area contributed by atoms with Crippen LogP contribution in [0.5, 0.6) is 0 Å². The quantitative estimate of drug-likeness (QED) is 0.836. The topological polar surface area (TPSA) is 52.6 Å². The van der Waals surface area contributed by atoms with Crippen molar-refractivity contribution < 1.29 is 9.90 Å². The van der Waals surface area contributed by atoms with Crippen molar-refractivity contribution in [3.8, 4) is 0 Å². The van der Waals surface area contributed by atoms with Crippen LogP contribution in [-0.4, -0.2) is 35.2 Å². The molecule has 92 valence electrons. The highest BCUT2D eigenvalue weighted by Gasteiger charge is 2.24. The highest BCUT2D eigenvalue weighted by molar-refractivity contribution is 9.10. The van der Waals surface area contributed by atoms with Crippen LogP contribution < -0.4 is 5.32 Å². The number of benzene rings is 1. The maximum absolute atomic E-state index is 11.8. The van der Waals surface area contributed by atoms with Gasteiger partial charge in [0.1, 0.15) is 0 Å². The van der Waals surface area contributed by atoms with E-state index in [9.17, 15) is 9.90 Å². The number of likely N-dealkylation sites (tertiary alicyclic amines) is 1. The molecule has 1 aromatic carbocycles. The standard InChI is InChI=1S/C11H12BrClN2O2/c12-9-5-7(1-2-10(9)13)14-11(17)15-4-3-8(16)6-15/h1-2,5,8,16H,3-4,6H2,(H,14,17)/t8-/m0/s1. The molecule has 1 saturated heterocycles. The van der Waals surface area contributed by atoms with Crippen LogP contribution in [0, 0.1) is 0 Å². The second-order valence-electron chi connectivity index (χ2n) is 3.95. The van der Waals surface area contributed by atoms with Crippen molar-refractivity contribution in [2.45, 2.75) is 12.5 Å². The van der Waals surface area contributed by atoms with E-state index in [2.05, 4.69) is 21.2 Å². The van der Waals surface area contributed by atoms with Crippen molar-refractivity contribution in [1.82, 2.24) is 4.90 Å². The van der Waals surface area contributed by atoms with Gasteiger partial charge in [0.25, 0.3) is 0 Å². The summed E-state index contributed by atoms with van der Waals surface area (Å²) in [7, 11) is 0. The van der Waals surface area contributed by atoms with Crippen LogP contribution in [-0.2, 0) is 0 Å². The van der Waals surface area contributed by atoms with Crippen molar-refractivity contribution in [2.75, 3.05) is 18.4 Å². The summed E-state index contributed by atoms with van der Waals surface area (Å²) in [5.41, 5.74) is 0.674. The van der Waals surface area contributed by atoms with Crippen LogP contribution >= 0.6 is 27.5 Å². The number of hydrogen-bond acceptors (Lipinski definition) is 2. The number of rotatable bonds is 1. The largest absolute Gasteiger partial charge is 0.391 e. The zero-order valence-electron chi connectivity index (χ0n) is 8.99. The fourth-order valence-electron chi connectivity index (χ4n) is 1.70. The SMILES string of the molecule is O=C(Nc1ccc(Cl)c(Br)c1)N1CC[C@H](O)C1. The molecule has 1 fully saturated rings. The number of anilines is 1. The number of halogens is 2. The van der Waals surface area contributed by atoms with Gasteiger partial charge in [0.15, 0.2) is 0 Å². The molecule has 1 aromatic rings. The van der Waals surface area contributed by atoms with Gasteiger partial charge in [-0.1, -0.05) is 11.6 Å². The van der Waals surface area contributed by atoms with E-state index in [4.69, 9.17) is 11.6 Å². The molecule has 0 aliphatic carbocycles. The number of urea groups is 1. The van der Waals surface area contributed by atoms with Crippen LogP contribution in [0.1, 0.15) is 6.42 Å². The molecule has 1 heterocycles. The van der Waals surface area contributed by atoms with Crippen molar-refractivity contribution in [3.63, 3.8) is 0 Å². The fraction of sp³-hybridized carbons (Fsp3) is 0.364. The Morgan fingerprint density at radius 1 is 1.59 bits per heavy atom. The molecular weight excluding hydrogens is 307 g/mol. The van der Waals surface area contributed by atoms with E-state index in [-0.39, 0.29) is 6.03 Å². The first-order chi connectivity index (χ1) is 8.06. The molecule has 0 saturated carbocycles. The molecule has 6 heteroatoms. The molecular formula is C11H12BrClN2O2. The maximum atomic E-state index is 11.8. The third-order valence-corrected chi connectivity index (χ3v) is 3.84. The minimum absolute atomic E-state index is 0.198. The lowest BCUT2D eigenvalue weighted by Crippen LogP contribution is -2.33. The van der Waals surface area contributed by atoms with E-state index in [1.807, 2.05) is 0 Å². The highest BCUT2D eigenvalue weighted by atomic mass is 79.9. The Hall–Kier alpha value is -0.780. The van der Waals surface area contributed by atoms with E-state index in [1.165, 1.54) is 0 Å². The Bertz CT molecular complexity index is 441. The first-order valence-electron chi connectivity index (χ1n) is 5.25. The van der Waals surface area contributed by atoms with Crippen molar-refractivity contribution in [2.24, 2.45) is 0 Å². The molecule has 1 atom stereocenters. The molecule has 4 nitrogen and oxygen atoms in total. The Balaban J connectivity index is 2.00. The molecule has 0 radical (unpaired) electrons. The number of carbonyl (C=O) groups excluding carboxylic acids is 1. The first-order valence-corrected chi connectivity index (χ1v) is 6.42. The van der Waals surface area contributed by atoms with E-state index < -0.39 is 6.10 Å². The Morgan fingerprint density at radius 3 is 2.94 bits per heavy atom. The Morgan fingerprint density at radius 2 is 2.35 bits per heavy atom. The van der Waals surface area contributed by atoms with Crippen LogP contribution in [0.25, 0.3) is 0 Å². The molecule has 0 bridgehead atoms. The molecule has 2 N–H and O–H groups in total. The number of hydrogen-bond donors (Lipinski definition) is 2. The summed E-state index contributed by atoms with van der Waals surface area (Å²) in [6.45, 7) is 0.975. The van der Waals surface area contributed by atoms with Gasteiger partial charge in [0.05, 0.1) is 11.1 Å². The lowest BCUT2D eigenvalue weighted by molar-refractivity contribution is 0.176. The predicted octanol–water partition coefficient (Wildman–Crippen LogP) is 2.70. The summed E-state index contributed by atoms with van der Waals surface area (Å²) >= 11 is 9.15. The van der Waals surface area contributed by atoms with Gasteiger partial charge in [-0.25, -0.2) is 4.79 Å². The lowest BCUT2D eigenvalue weighted by Gasteiger charge is -2.16. The summed E-state index contributed by atoms with van der Waals surface area (Å²) in [5, 5.41) is 12.7. The molecule has 2 rings (SSSR count). The third kappa shape index (κ3) is 3.12. The van der Waals surface area contributed by atoms with Crippen molar-refractivity contribution in [1.29, 1.82) is 0 Å². The summed E-state index contributed by atoms with van der Waals surface area (Å²) in [5.74, 6) is 0. The molecule has 1 aliphatic rings. The first kappa shape index (κ1) is 12.7. The normalized spacial score (nSPS) is 19.5. The molecule has 17 heavy (non-hydrogen) atoms. The maximum Gasteiger partial charge on any atom is 0.321 e. The van der Waals surface area contributed by atoms with E-state index in [1.54, 1.807) is 23.1 Å². The van der Waals surface area contributed by atoms with Crippen molar-refractivity contribution >= 4 is 39.2 Å². The molecule has 0 aromatic heterocycles.